The van der Waals surface area contributed by atoms with Crippen molar-refractivity contribution in [3.05, 3.63) is 12.2 Å². The SMILES string of the molecule is O.O=C(O)C=CC(=O)O.[Pb]. The standard InChI is InChI=1S/C4H4O4.H2O.Pb/c5-3(6)1-2-4(7)8;;/h1-2H,(H,5,6)(H,7,8);1H2;. The number of carbonyl (C=O) groups is 2. The van der Waals surface area contributed by atoms with E-state index in [1.165, 1.54) is 0 Å². The van der Waals surface area contributed by atoms with Gasteiger partial charge in [0, 0.05) is 39.5 Å². The Morgan fingerprint density at radius 2 is 1.20 bits per heavy atom. The average molecular weight is 341 g/mol. The Morgan fingerprint density at radius 3 is 1.30 bits per heavy atom. The largest absolute Gasteiger partial charge is 0.478 e. The van der Waals surface area contributed by atoms with E-state index in [4.69, 9.17) is 10.2 Å². The predicted octanol–water partition coefficient (Wildman–Crippen LogP) is -1.49. The van der Waals surface area contributed by atoms with Crippen LogP contribution in [0.1, 0.15) is 0 Å². The number of hydrogen-bond acceptors (Lipinski definition) is 2. The summed E-state index contributed by atoms with van der Waals surface area (Å²) >= 11 is 0. The maximum atomic E-state index is 9.55. The first-order valence-electron chi connectivity index (χ1n) is 1.77. The third-order valence-corrected chi connectivity index (χ3v) is 0.368. The van der Waals surface area contributed by atoms with Crippen LogP contribution in [0.4, 0.5) is 0 Å². The van der Waals surface area contributed by atoms with Crippen molar-refractivity contribution < 1.29 is 25.3 Å². The molecule has 0 aliphatic carbocycles. The normalized spacial score (nSPS) is 7.60. The van der Waals surface area contributed by atoms with E-state index < -0.39 is 11.9 Å². The molecule has 4 N–H and O–H groups in total. The molecule has 0 spiro atoms. The van der Waals surface area contributed by atoms with Crippen LogP contribution in [0, 0.1) is 0 Å². The van der Waals surface area contributed by atoms with Crippen LogP contribution in [0.5, 0.6) is 0 Å². The van der Waals surface area contributed by atoms with Gasteiger partial charge in [0.2, 0.25) is 0 Å². The summed E-state index contributed by atoms with van der Waals surface area (Å²) < 4.78 is 0. The van der Waals surface area contributed by atoms with Crippen molar-refractivity contribution in [3.63, 3.8) is 0 Å². The van der Waals surface area contributed by atoms with E-state index in [1.54, 1.807) is 0 Å². The smallest absolute Gasteiger partial charge is 0.328 e. The predicted molar refractivity (Wildman–Crippen MR) is 33.8 cm³/mol. The Balaban J connectivity index is -0.000000245. The molecule has 0 aliphatic heterocycles. The van der Waals surface area contributed by atoms with E-state index in [1.807, 2.05) is 0 Å². The molecule has 0 saturated heterocycles. The van der Waals surface area contributed by atoms with E-state index in [0.29, 0.717) is 12.2 Å². The maximum absolute atomic E-state index is 9.55. The van der Waals surface area contributed by atoms with Crippen LogP contribution >= 0.6 is 0 Å². The Bertz CT molecular complexity index is 125. The van der Waals surface area contributed by atoms with E-state index >= 15 is 0 Å². The molecule has 10 heavy (non-hydrogen) atoms. The summed E-state index contributed by atoms with van der Waals surface area (Å²) in [6, 6.07) is 0. The minimum absolute atomic E-state index is 0. The minimum Gasteiger partial charge on any atom is -0.478 e. The summed E-state index contributed by atoms with van der Waals surface area (Å²) in [5, 5.41) is 15.6. The first-order valence-corrected chi connectivity index (χ1v) is 1.77. The Labute approximate surface area is 76.8 Å². The van der Waals surface area contributed by atoms with Crippen molar-refractivity contribution in [2.75, 3.05) is 0 Å². The van der Waals surface area contributed by atoms with Crippen LogP contribution in [-0.4, -0.2) is 54.9 Å². The zero-order valence-electron chi connectivity index (χ0n) is 4.87. The summed E-state index contributed by atoms with van der Waals surface area (Å²) in [5.74, 6) is -2.51. The molecule has 56 valence electrons. The summed E-state index contributed by atoms with van der Waals surface area (Å²) in [4.78, 5) is 19.1. The van der Waals surface area contributed by atoms with Gasteiger partial charge in [-0.2, -0.15) is 0 Å². The van der Waals surface area contributed by atoms with Gasteiger partial charge in [0.25, 0.3) is 0 Å². The fraction of sp³-hybridized carbons (Fsp3) is 0. The zero-order valence-corrected chi connectivity index (χ0v) is 8.75. The molecule has 0 atom stereocenters. The van der Waals surface area contributed by atoms with E-state index in [9.17, 15) is 9.59 Å². The van der Waals surface area contributed by atoms with Gasteiger partial charge in [-0.25, -0.2) is 9.59 Å². The van der Waals surface area contributed by atoms with Crippen molar-refractivity contribution in [1.29, 1.82) is 0 Å². The van der Waals surface area contributed by atoms with E-state index in [-0.39, 0.29) is 32.8 Å². The van der Waals surface area contributed by atoms with Gasteiger partial charge in [-0.1, -0.05) is 0 Å². The van der Waals surface area contributed by atoms with Crippen LogP contribution < -0.4 is 0 Å². The molecule has 0 rings (SSSR count). The monoisotopic (exact) mass is 342 g/mol. The zero-order chi connectivity index (χ0) is 6.57. The molecule has 4 radical (unpaired) electrons. The van der Waals surface area contributed by atoms with Crippen LogP contribution in [0.2, 0.25) is 0 Å². The minimum atomic E-state index is -1.26. The van der Waals surface area contributed by atoms with E-state index in [2.05, 4.69) is 0 Å². The molecule has 0 aromatic carbocycles. The van der Waals surface area contributed by atoms with Gasteiger partial charge in [-0.15, -0.1) is 0 Å². The van der Waals surface area contributed by atoms with Crippen molar-refractivity contribution in [1.82, 2.24) is 0 Å². The maximum Gasteiger partial charge on any atom is 0.328 e. The molecule has 0 bridgehead atoms. The topological polar surface area (TPSA) is 106 Å². The molecular weight excluding hydrogens is 335 g/mol. The average Bonchev–Trinajstić information content (AvgIpc) is 1.61. The molecule has 6 heteroatoms. The van der Waals surface area contributed by atoms with Crippen LogP contribution in [-0.2, 0) is 9.59 Å². The van der Waals surface area contributed by atoms with Gasteiger partial charge in [-0.05, 0) is 0 Å². The third kappa shape index (κ3) is 15.6. The molecule has 0 heterocycles. The second-order valence-corrected chi connectivity index (χ2v) is 1.01. The van der Waals surface area contributed by atoms with Gasteiger partial charge in [0.1, 0.15) is 0 Å². The first kappa shape index (κ1) is 16.3. The van der Waals surface area contributed by atoms with Gasteiger partial charge in [0.15, 0.2) is 0 Å². The van der Waals surface area contributed by atoms with Crippen molar-refractivity contribution >= 4 is 39.2 Å². The van der Waals surface area contributed by atoms with Crippen LogP contribution in [0.3, 0.4) is 0 Å². The quantitative estimate of drug-likeness (QED) is 0.471. The molecule has 0 aromatic heterocycles. The molecule has 0 amide bonds. The molecule has 0 fully saturated rings. The van der Waals surface area contributed by atoms with Gasteiger partial charge < -0.3 is 15.7 Å². The van der Waals surface area contributed by atoms with Crippen molar-refractivity contribution in [3.8, 4) is 0 Å². The Morgan fingerprint density at radius 1 is 1.00 bits per heavy atom. The first-order chi connectivity index (χ1) is 3.63. The molecule has 0 aromatic rings. The van der Waals surface area contributed by atoms with Gasteiger partial charge >= 0.3 is 11.9 Å². The van der Waals surface area contributed by atoms with Gasteiger partial charge in [0.05, 0.1) is 0 Å². The second kappa shape index (κ2) is 8.56. The molecule has 0 saturated carbocycles. The molecule has 0 aliphatic rings. The number of carboxylic acids is 2. The Hall–Kier alpha value is -0.438. The van der Waals surface area contributed by atoms with Crippen molar-refractivity contribution in [2.24, 2.45) is 0 Å². The Kier molecular flexibility index (Phi) is 13.9. The van der Waals surface area contributed by atoms with Gasteiger partial charge in [-0.3, -0.25) is 0 Å². The molecular formula is C4H6O5Pb. The van der Waals surface area contributed by atoms with Crippen LogP contribution in [0.15, 0.2) is 12.2 Å². The number of carboxylic acid groups (broad SMARTS) is 2. The van der Waals surface area contributed by atoms with Crippen LogP contribution in [0.25, 0.3) is 0 Å². The summed E-state index contributed by atoms with van der Waals surface area (Å²) in [5.41, 5.74) is 0. The summed E-state index contributed by atoms with van der Waals surface area (Å²) in [6.07, 6.45) is 1.12. The fourth-order valence-corrected chi connectivity index (χ4v) is 0.143. The fourth-order valence-electron chi connectivity index (χ4n) is 0.143. The number of rotatable bonds is 2. The number of hydrogen-bond donors (Lipinski definition) is 2. The van der Waals surface area contributed by atoms with E-state index in [0.717, 1.165) is 0 Å². The molecule has 0 unspecified atom stereocenters. The third-order valence-electron chi connectivity index (χ3n) is 0.368. The summed E-state index contributed by atoms with van der Waals surface area (Å²) in [7, 11) is 0. The van der Waals surface area contributed by atoms with Crippen molar-refractivity contribution in [2.45, 2.75) is 0 Å². The molecule has 5 nitrogen and oxygen atoms in total. The number of aliphatic carboxylic acids is 2. The second-order valence-electron chi connectivity index (χ2n) is 1.01. The summed E-state index contributed by atoms with van der Waals surface area (Å²) in [6.45, 7) is 0.